The van der Waals surface area contributed by atoms with Crippen LogP contribution in [0.15, 0.2) is 28.7 Å². The summed E-state index contributed by atoms with van der Waals surface area (Å²) in [5.74, 6) is 1.93. The Labute approximate surface area is 190 Å². The molecule has 2 aliphatic rings. The fourth-order valence-corrected chi connectivity index (χ4v) is 4.19. The van der Waals surface area contributed by atoms with Gasteiger partial charge in [-0.1, -0.05) is 11.6 Å². The summed E-state index contributed by atoms with van der Waals surface area (Å²) in [6.07, 6.45) is 2.59. The largest absolute Gasteiger partial charge is 0.486 e. The van der Waals surface area contributed by atoms with Crippen LogP contribution in [0.5, 0.6) is 11.5 Å². The highest BCUT2D eigenvalue weighted by molar-refractivity contribution is 14.0. The maximum Gasteiger partial charge on any atom is 0.191 e. The Morgan fingerprint density at radius 1 is 1.21 bits per heavy atom. The molecule has 0 spiro atoms. The molecule has 10 heteroatoms. The van der Waals surface area contributed by atoms with Gasteiger partial charge in [0.15, 0.2) is 22.6 Å². The molecule has 0 unspecified atom stereocenters. The van der Waals surface area contributed by atoms with Gasteiger partial charge in [0.1, 0.15) is 13.2 Å². The first kappa shape index (κ1) is 21.3. The van der Waals surface area contributed by atoms with Gasteiger partial charge in [-0.2, -0.15) is 0 Å². The van der Waals surface area contributed by atoms with Crippen LogP contribution in [0.1, 0.15) is 5.56 Å². The standard InChI is InChI=1S/C18H22ClN5O2S.HI/c19-14-11-13(12-15-16(14)26-9-8-25-15)1-2-21-17(20)23-4-6-24(7-5-23)18-22-3-10-27-18;/h3,10-12H,1-2,4-9H2,(H2,20,21);1H. The highest BCUT2D eigenvalue weighted by Gasteiger charge is 2.20. The van der Waals surface area contributed by atoms with Crippen LogP contribution in [-0.2, 0) is 6.42 Å². The maximum absolute atomic E-state index is 6.28. The van der Waals surface area contributed by atoms with Crippen molar-refractivity contribution in [3.63, 3.8) is 0 Å². The molecule has 4 rings (SSSR count). The molecule has 1 fully saturated rings. The van der Waals surface area contributed by atoms with Crippen LogP contribution in [0.25, 0.3) is 0 Å². The van der Waals surface area contributed by atoms with Crippen LogP contribution in [0.2, 0.25) is 5.02 Å². The minimum Gasteiger partial charge on any atom is -0.486 e. The van der Waals surface area contributed by atoms with Crippen LogP contribution in [0.3, 0.4) is 0 Å². The molecule has 0 bridgehead atoms. The van der Waals surface area contributed by atoms with Crippen LogP contribution < -0.4 is 20.1 Å². The number of rotatable bonds is 4. The van der Waals surface area contributed by atoms with Gasteiger partial charge < -0.3 is 25.0 Å². The summed E-state index contributed by atoms with van der Waals surface area (Å²) in [5.41, 5.74) is 7.26. The Balaban J connectivity index is 0.00000225. The fraction of sp³-hybridized carbons (Fsp3) is 0.444. The van der Waals surface area contributed by atoms with Crippen LogP contribution in [0.4, 0.5) is 5.13 Å². The number of hydrogen-bond acceptors (Lipinski definition) is 6. The molecule has 0 aliphatic carbocycles. The zero-order valence-electron chi connectivity index (χ0n) is 15.3. The van der Waals surface area contributed by atoms with E-state index >= 15 is 0 Å². The van der Waals surface area contributed by atoms with Crippen molar-refractivity contribution in [2.45, 2.75) is 6.42 Å². The third-order valence-corrected chi connectivity index (χ3v) is 5.74. The van der Waals surface area contributed by atoms with Crippen molar-refractivity contribution in [2.24, 2.45) is 10.7 Å². The normalized spacial score (nSPS) is 16.7. The van der Waals surface area contributed by atoms with Crippen molar-refractivity contribution < 1.29 is 9.47 Å². The lowest BCUT2D eigenvalue weighted by Gasteiger charge is -2.35. The van der Waals surface area contributed by atoms with Crippen LogP contribution >= 0.6 is 46.9 Å². The lowest BCUT2D eigenvalue weighted by molar-refractivity contribution is 0.171. The first-order valence-electron chi connectivity index (χ1n) is 8.98. The Hall–Kier alpha value is -1.46. The number of fused-ring (bicyclic) bond motifs is 1. The van der Waals surface area contributed by atoms with E-state index in [0.717, 1.165) is 43.3 Å². The number of hydrogen-bond donors (Lipinski definition) is 1. The molecule has 1 saturated heterocycles. The molecule has 3 heterocycles. The quantitative estimate of drug-likeness (QED) is 0.369. The highest BCUT2D eigenvalue weighted by Crippen LogP contribution is 2.38. The second kappa shape index (κ2) is 9.84. The summed E-state index contributed by atoms with van der Waals surface area (Å²) in [6.45, 7) is 5.20. The minimum absolute atomic E-state index is 0. The minimum atomic E-state index is 0. The number of thiazole rings is 1. The van der Waals surface area contributed by atoms with Gasteiger partial charge >= 0.3 is 0 Å². The summed E-state index contributed by atoms with van der Waals surface area (Å²) >= 11 is 7.95. The first-order valence-corrected chi connectivity index (χ1v) is 10.2. The third-order valence-electron chi connectivity index (χ3n) is 4.62. The van der Waals surface area contributed by atoms with Gasteiger partial charge in [0.25, 0.3) is 0 Å². The predicted octanol–water partition coefficient (Wildman–Crippen LogP) is 2.87. The number of aliphatic imine (C=N–C) groups is 1. The molecular formula is C18H23ClIN5O2S. The van der Waals surface area contributed by atoms with Gasteiger partial charge in [0, 0.05) is 44.3 Å². The number of aromatic nitrogens is 1. The first-order chi connectivity index (χ1) is 13.2. The lowest BCUT2D eigenvalue weighted by atomic mass is 10.1. The van der Waals surface area contributed by atoms with E-state index in [0.29, 0.717) is 42.2 Å². The zero-order chi connectivity index (χ0) is 18.6. The van der Waals surface area contributed by atoms with Crippen molar-refractivity contribution >= 4 is 58.0 Å². The van der Waals surface area contributed by atoms with Crippen LogP contribution in [0, 0.1) is 0 Å². The van der Waals surface area contributed by atoms with Gasteiger partial charge in [-0.25, -0.2) is 4.98 Å². The molecule has 2 aromatic rings. The topological polar surface area (TPSA) is 76.2 Å². The van der Waals surface area contributed by atoms with Gasteiger partial charge in [-0.3, -0.25) is 4.99 Å². The molecule has 1 aromatic carbocycles. The predicted molar refractivity (Wildman–Crippen MR) is 124 cm³/mol. The van der Waals surface area contributed by atoms with E-state index in [1.807, 2.05) is 23.7 Å². The van der Waals surface area contributed by atoms with E-state index in [2.05, 4.69) is 19.8 Å². The highest BCUT2D eigenvalue weighted by atomic mass is 127. The van der Waals surface area contributed by atoms with Crippen molar-refractivity contribution in [1.82, 2.24) is 9.88 Å². The molecule has 7 nitrogen and oxygen atoms in total. The number of guanidine groups is 1. The number of benzene rings is 1. The van der Waals surface area contributed by atoms with Crippen molar-refractivity contribution in [2.75, 3.05) is 50.8 Å². The van der Waals surface area contributed by atoms with Crippen LogP contribution in [-0.4, -0.2) is 61.8 Å². The lowest BCUT2D eigenvalue weighted by Crippen LogP contribution is -2.51. The molecule has 0 atom stereocenters. The van der Waals surface area contributed by atoms with E-state index in [4.69, 9.17) is 26.8 Å². The molecular weight excluding hydrogens is 513 g/mol. The zero-order valence-corrected chi connectivity index (χ0v) is 19.2. The monoisotopic (exact) mass is 535 g/mol. The Bertz CT molecular complexity index is 813. The molecule has 2 N–H and O–H groups in total. The van der Waals surface area contributed by atoms with Crippen molar-refractivity contribution in [3.8, 4) is 11.5 Å². The van der Waals surface area contributed by atoms with E-state index in [9.17, 15) is 0 Å². The Morgan fingerprint density at radius 3 is 2.75 bits per heavy atom. The molecule has 2 aliphatic heterocycles. The molecule has 1 aromatic heterocycles. The second-order valence-electron chi connectivity index (χ2n) is 6.38. The van der Waals surface area contributed by atoms with E-state index in [-0.39, 0.29) is 24.0 Å². The molecule has 28 heavy (non-hydrogen) atoms. The third kappa shape index (κ3) is 4.93. The second-order valence-corrected chi connectivity index (χ2v) is 7.66. The Morgan fingerprint density at radius 2 is 2.00 bits per heavy atom. The SMILES string of the molecule is I.NC(=NCCc1cc(Cl)c2c(c1)OCCO2)N1CCN(c2nccs2)CC1. The molecule has 0 saturated carbocycles. The smallest absolute Gasteiger partial charge is 0.191 e. The van der Waals surface area contributed by atoms with Gasteiger partial charge in [-0.05, 0) is 24.1 Å². The molecule has 152 valence electrons. The number of anilines is 1. The van der Waals surface area contributed by atoms with Crippen molar-refractivity contribution in [3.05, 3.63) is 34.3 Å². The van der Waals surface area contributed by atoms with E-state index < -0.39 is 0 Å². The fourth-order valence-electron chi connectivity index (χ4n) is 3.21. The number of ether oxygens (including phenoxy) is 2. The van der Waals surface area contributed by atoms with E-state index in [1.54, 1.807) is 11.3 Å². The van der Waals surface area contributed by atoms with Gasteiger partial charge in [0.2, 0.25) is 0 Å². The summed E-state index contributed by atoms with van der Waals surface area (Å²) in [7, 11) is 0. The maximum atomic E-state index is 6.28. The van der Waals surface area contributed by atoms with E-state index in [1.165, 1.54) is 0 Å². The average Bonchev–Trinajstić information content (AvgIpc) is 3.23. The average molecular weight is 536 g/mol. The summed E-state index contributed by atoms with van der Waals surface area (Å²) in [5, 5.41) is 3.65. The summed E-state index contributed by atoms with van der Waals surface area (Å²) in [6, 6.07) is 3.88. The summed E-state index contributed by atoms with van der Waals surface area (Å²) in [4.78, 5) is 13.3. The Kier molecular flexibility index (Phi) is 7.47. The van der Waals surface area contributed by atoms with Gasteiger partial charge in [-0.15, -0.1) is 35.3 Å². The number of halogens is 2. The molecule has 0 radical (unpaired) electrons. The number of nitrogens with zero attached hydrogens (tertiary/aromatic N) is 4. The van der Waals surface area contributed by atoms with Crippen molar-refractivity contribution in [1.29, 1.82) is 0 Å². The number of piperazine rings is 1. The van der Waals surface area contributed by atoms with Gasteiger partial charge in [0.05, 0.1) is 5.02 Å². The summed E-state index contributed by atoms with van der Waals surface area (Å²) < 4.78 is 11.2. The number of nitrogens with two attached hydrogens (primary N) is 1. The molecule has 0 amide bonds.